The molecule has 0 amide bonds. The van der Waals surface area contributed by atoms with Crippen molar-refractivity contribution in [3.05, 3.63) is 11.6 Å². The first-order valence-corrected chi connectivity index (χ1v) is 5.72. The van der Waals surface area contributed by atoms with Gasteiger partial charge in [0, 0.05) is 11.9 Å². The van der Waals surface area contributed by atoms with Gasteiger partial charge in [-0.25, -0.2) is 0 Å². The molecule has 0 spiro atoms. The summed E-state index contributed by atoms with van der Waals surface area (Å²) in [5.74, 6) is 2.54. The SMILES string of the molecule is C#CCNCC(Cl)CC1=CCCCC1. The Labute approximate surface area is 91.9 Å². The Morgan fingerprint density at radius 1 is 1.57 bits per heavy atom. The van der Waals surface area contributed by atoms with Gasteiger partial charge in [0.25, 0.3) is 0 Å². The average molecular weight is 212 g/mol. The fourth-order valence-electron chi connectivity index (χ4n) is 1.75. The van der Waals surface area contributed by atoms with Crippen molar-refractivity contribution in [2.45, 2.75) is 37.5 Å². The molecule has 78 valence electrons. The normalized spacial score (nSPS) is 18.4. The number of terminal acetylenes is 1. The summed E-state index contributed by atoms with van der Waals surface area (Å²) in [7, 11) is 0. The number of hydrogen-bond acceptors (Lipinski definition) is 1. The van der Waals surface area contributed by atoms with Crippen LogP contribution >= 0.6 is 11.6 Å². The summed E-state index contributed by atoms with van der Waals surface area (Å²) in [4.78, 5) is 0. The molecule has 1 rings (SSSR count). The van der Waals surface area contributed by atoms with E-state index in [2.05, 4.69) is 17.3 Å². The van der Waals surface area contributed by atoms with Crippen LogP contribution < -0.4 is 5.32 Å². The first kappa shape index (κ1) is 11.6. The van der Waals surface area contributed by atoms with Gasteiger partial charge in [-0.3, -0.25) is 0 Å². The van der Waals surface area contributed by atoms with Crippen molar-refractivity contribution in [2.75, 3.05) is 13.1 Å². The van der Waals surface area contributed by atoms with Gasteiger partial charge in [0.05, 0.1) is 6.54 Å². The minimum Gasteiger partial charge on any atom is -0.305 e. The maximum atomic E-state index is 6.18. The molecule has 1 aliphatic rings. The van der Waals surface area contributed by atoms with Crippen LogP contribution in [0.4, 0.5) is 0 Å². The van der Waals surface area contributed by atoms with Gasteiger partial charge in [0.15, 0.2) is 0 Å². The van der Waals surface area contributed by atoms with Crippen LogP contribution in [0.1, 0.15) is 32.1 Å². The molecule has 0 aromatic heterocycles. The Kier molecular flexibility index (Phi) is 5.75. The molecule has 0 fully saturated rings. The fraction of sp³-hybridized carbons (Fsp3) is 0.667. The minimum absolute atomic E-state index is 0.188. The Bertz CT molecular complexity index is 227. The zero-order valence-corrected chi connectivity index (χ0v) is 9.32. The molecular weight excluding hydrogens is 194 g/mol. The lowest BCUT2D eigenvalue weighted by atomic mass is 9.96. The lowest BCUT2D eigenvalue weighted by Crippen LogP contribution is -2.24. The van der Waals surface area contributed by atoms with Crippen LogP contribution in [-0.2, 0) is 0 Å². The molecule has 2 heteroatoms. The number of hydrogen-bond donors (Lipinski definition) is 1. The van der Waals surface area contributed by atoms with Crippen LogP contribution in [0.3, 0.4) is 0 Å². The molecule has 0 aliphatic heterocycles. The van der Waals surface area contributed by atoms with Crippen LogP contribution in [0.25, 0.3) is 0 Å². The van der Waals surface area contributed by atoms with Crippen molar-refractivity contribution in [1.82, 2.24) is 5.32 Å². The van der Waals surface area contributed by atoms with Crippen molar-refractivity contribution in [3.8, 4) is 12.3 Å². The number of nitrogens with one attached hydrogen (secondary N) is 1. The van der Waals surface area contributed by atoms with E-state index in [1.165, 1.54) is 31.3 Å². The Hall–Kier alpha value is -0.450. The van der Waals surface area contributed by atoms with Crippen molar-refractivity contribution in [1.29, 1.82) is 0 Å². The van der Waals surface area contributed by atoms with Crippen LogP contribution in [-0.4, -0.2) is 18.5 Å². The summed E-state index contributed by atoms with van der Waals surface area (Å²) in [5, 5.41) is 3.32. The highest BCUT2D eigenvalue weighted by Crippen LogP contribution is 2.22. The van der Waals surface area contributed by atoms with E-state index in [0.717, 1.165) is 13.0 Å². The Morgan fingerprint density at radius 3 is 3.07 bits per heavy atom. The van der Waals surface area contributed by atoms with Crippen LogP contribution in [0.5, 0.6) is 0 Å². The average Bonchev–Trinajstić information content (AvgIpc) is 2.20. The monoisotopic (exact) mass is 211 g/mol. The number of halogens is 1. The molecule has 0 saturated carbocycles. The van der Waals surface area contributed by atoms with E-state index in [1.54, 1.807) is 0 Å². The van der Waals surface area contributed by atoms with Gasteiger partial charge in [-0.15, -0.1) is 18.0 Å². The largest absolute Gasteiger partial charge is 0.305 e. The van der Waals surface area contributed by atoms with E-state index in [4.69, 9.17) is 18.0 Å². The van der Waals surface area contributed by atoms with Crippen LogP contribution in [0.2, 0.25) is 0 Å². The smallest absolute Gasteiger partial charge is 0.0574 e. The van der Waals surface area contributed by atoms with Crippen molar-refractivity contribution in [3.63, 3.8) is 0 Å². The van der Waals surface area contributed by atoms with E-state index >= 15 is 0 Å². The molecule has 0 heterocycles. The van der Waals surface area contributed by atoms with Crippen molar-refractivity contribution < 1.29 is 0 Å². The summed E-state index contributed by atoms with van der Waals surface area (Å²) >= 11 is 6.18. The number of alkyl halides is 1. The lowest BCUT2D eigenvalue weighted by Gasteiger charge is -2.15. The van der Waals surface area contributed by atoms with E-state index in [9.17, 15) is 0 Å². The van der Waals surface area contributed by atoms with Crippen molar-refractivity contribution >= 4 is 11.6 Å². The summed E-state index contributed by atoms with van der Waals surface area (Å²) in [6, 6.07) is 0. The maximum absolute atomic E-state index is 6.18. The molecule has 14 heavy (non-hydrogen) atoms. The van der Waals surface area contributed by atoms with E-state index < -0.39 is 0 Å². The predicted octanol–water partition coefficient (Wildman–Crippen LogP) is 2.71. The summed E-state index contributed by atoms with van der Waals surface area (Å²) in [5.41, 5.74) is 1.53. The van der Waals surface area contributed by atoms with Gasteiger partial charge in [-0.05, 0) is 32.1 Å². The molecule has 1 atom stereocenters. The number of rotatable bonds is 5. The second-order valence-electron chi connectivity index (χ2n) is 3.74. The molecule has 0 aromatic carbocycles. The first-order valence-electron chi connectivity index (χ1n) is 5.29. The molecule has 0 bridgehead atoms. The fourth-order valence-corrected chi connectivity index (χ4v) is 2.05. The molecule has 0 saturated heterocycles. The van der Waals surface area contributed by atoms with E-state index in [-0.39, 0.29) is 5.38 Å². The van der Waals surface area contributed by atoms with E-state index in [1.807, 2.05) is 0 Å². The van der Waals surface area contributed by atoms with Gasteiger partial charge in [-0.1, -0.05) is 17.6 Å². The second kappa shape index (κ2) is 6.92. The minimum atomic E-state index is 0.188. The third-order valence-corrected chi connectivity index (χ3v) is 2.77. The molecule has 1 N–H and O–H groups in total. The van der Waals surface area contributed by atoms with Gasteiger partial charge in [-0.2, -0.15) is 0 Å². The molecule has 0 radical (unpaired) electrons. The Balaban J connectivity index is 2.16. The third kappa shape index (κ3) is 4.69. The summed E-state index contributed by atoms with van der Waals surface area (Å²) < 4.78 is 0. The summed E-state index contributed by atoms with van der Waals surface area (Å²) in [6.07, 6.45) is 13.6. The zero-order valence-electron chi connectivity index (χ0n) is 8.56. The zero-order chi connectivity index (χ0) is 10.2. The molecule has 1 unspecified atom stereocenters. The third-order valence-electron chi connectivity index (χ3n) is 2.46. The Morgan fingerprint density at radius 2 is 2.43 bits per heavy atom. The van der Waals surface area contributed by atoms with E-state index in [0.29, 0.717) is 6.54 Å². The quantitative estimate of drug-likeness (QED) is 0.319. The highest BCUT2D eigenvalue weighted by atomic mass is 35.5. The highest BCUT2D eigenvalue weighted by Gasteiger charge is 2.09. The molecular formula is C12H18ClN. The highest BCUT2D eigenvalue weighted by molar-refractivity contribution is 6.20. The van der Waals surface area contributed by atoms with Crippen LogP contribution in [0, 0.1) is 12.3 Å². The number of allylic oxidation sites excluding steroid dienone is 2. The topological polar surface area (TPSA) is 12.0 Å². The first-order chi connectivity index (χ1) is 6.83. The predicted molar refractivity (Wildman–Crippen MR) is 62.5 cm³/mol. The van der Waals surface area contributed by atoms with Gasteiger partial charge in [0.2, 0.25) is 0 Å². The molecule has 1 aliphatic carbocycles. The maximum Gasteiger partial charge on any atom is 0.0574 e. The standard InChI is InChI=1S/C12H18ClN/c1-2-8-14-10-12(13)9-11-6-4-3-5-7-11/h1,6,12,14H,3-5,7-10H2. The molecule has 0 aromatic rings. The second-order valence-corrected chi connectivity index (χ2v) is 4.36. The van der Waals surface area contributed by atoms with Gasteiger partial charge < -0.3 is 5.32 Å². The summed E-state index contributed by atoms with van der Waals surface area (Å²) in [6.45, 7) is 1.42. The molecule has 1 nitrogen and oxygen atoms in total. The van der Waals surface area contributed by atoms with Gasteiger partial charge in [0.1, 0.15) is 0 Å². The lowest BCUT2D eigenvalue weighted by molar-refractivity contribution is 0.641. The van der Waals surface area contributed by atoms with Crippen LogP contribution in [0.15, 0.2) is 11.6 Å². The van der Waals surface area contributed by atoms with Crippen molar-refractivity contribution in [2.24, 2.45) is 0 Å². The van der Waals surface area contributed by atoms with Gasteiger partial charge >= 0.3 is 0 Å².